The highest BCUT2D eigenvalue weighted by atomic mass is 32.2. The summed E-state index contributed by atoms with van der Waals surface area (Å²) in [6.07, 6.45) is 4.06. The molecule has 0 saturated heterocycles. The lowest BCUT2D eigenvalue weighted by Gasteiger charge is -1.94. The normalized spacial score (nSPS) is 19.3. The summed E-state index contributed by atoms with van der Waals surface area (Å²) in [6, 6.07) is 0. The van der Waals surface area contributed by atoms with Gasteiger partial charge in [-0.05, 0) is 18.8 Å². The molecule has 1 saturated carbocycles. The first-order valence-corrected chi connectivity index (χ1v) is 5.14. The second-order valence-corrected chi connectivity index (χ2v) is 4.44. The van der Waals surface area contributed by atoms with Gasteiger partial charge >= 0.3 is 0 Å². The Morgan fingerprint density at radius 1 is 1.40 bits per heavy atom. The van der Waals surface area contributed by atoms with E-state index in [2.05, 4.69) is 0 Å². The molecule has 1 aliphatic rings. The van der Waals surface area contributed by atoms with Crippen molar-refractivity contribution in [2.45, 2.75) is 25.7 Å². The SMILES string of the molecule is O=S(=O)(O)CCCC1CC1. The van der Waals surface area contributed by atoms with E-state index >= 15 is 0 Å². The van der Waals surface area contributed by atoms with E-state index in [0.29, 0.717) is 6.42 Å². The van der Waals surface area contributed by atoms with E-state index < -0.39 is 10.1 Å². The van der Waals surface area contributed by atoms with Crippen LogP contribution in [0.25, 0.3) is 0 Å². The Labute approximate surface area is 61.2 Å². The van der Waals surface area contributed by atoms with E-state index in [1.807, 2.05) is 0 Å². The largest absolute Gasteiger partial charge is 0.286 e. The smallest absolute Gasteiger partial charge is 0.264 e. The number of rotatable bonds is 4. The van der Waals surface area contributed by atoms with Crippen LogP contribution in [0.2, 0.25) is 0 Å². The minimum absolute atomic E-state index is 0.0660. The van der Waals surface area contributed by atoms with Gasteiger partial charge in [-0.2, -0.15) is 8.42 Å². The Kier molecular flexibility index (Phi) is 2.31. The van der Waals surface area contributed by atoms with Gasteiger partial charge in [0.05, 0.1) is 5.75 Å². The van der Waals surface area contributed by atoms with Crippen LogP contribution in [0.15, 0.2) is 0 Å². The van der Waals surface area contributed by atoms with Crippen molar-refractivity contribution >= 4 is 10.1 Å². The third kappa shape index (κ3) is 3.85. The molecule has 10 heavy (non-hydrogen) atoms. The molecule has 0 amide bonds. The fourth-order valence-electron chi connectivity index (χ4n) is 0.961. The second-order valence-electron chi connectivity index (χ2n) is 2.87. The van der Waals surface area contributed by atoms with Crippen LogP contribution in [0.4, 0.5) is 0 Å². The Morgan fingerprint density at radius 3 is 2.40 bits per heavy atom. The summed E-state index contributed by atoms with van der Waals surface area (Å²) in [4.78, 5) is 0. The highest BCUT2D eigenvalue weighted by Crippen LogP contribution is 2.33. The van der Waals surface area contributed by atoms with E-state index in [1.54, 1.807) is 0 Å². The average molecular weight is 164 g/mol. The maximum Gasteiger partial charge on any atom is 0.264 e. The second kappa shape index (κ2) is 2.88. The number of hydrogen-bond donors (Lipinski definition) is 1. The van der Waals surface area contributed by atoms with Crippen molar-refractivity contribution in [3.05, 3.63) is 0 Å². The van der Waals surface area contributed by atoms with Gasteiger partial charge in [0, 0.05) is 0 Å². The fourth-order valence-corrected chi connectivity index (χ4v) is 1.49. The summed E-state index contributed by atoms with van der Waals surface area (Å²) in [5.74, 6) is 0.686. The van der Waals surface area contributed by atoms with E-state index in [1.165, 1.54) is 12.8 Å². The molecule has 1 aliphatic carbocycles. The van der Waals surface area contributed by atoms with Gasteiger partial charge in [-0.15, -0.1) is 0 Å². The van der Waals surface area contributed by atoms with Gasteiger partial charge < -0.3 is 0 Å². The molecule has 0 bridgehead atoms. The van der Waals surface area contributed by atoms with Crippen LogP contribution in [0.5, 0.6) is 0 Å². The first kappa shape index (κ1) is 8.01. The van der Waals surface area contributed by atoms with Crippen molar-refractivity contribution in [2.24, 2.45) is 5.92 Å². The first-order chi connectivity index (χ1) is 4.58. The average Bonchev–Trinajstić information content (AvgIpc) is 2.45. The van der Waals surface area contributed by atoms with Gasteiger partial charge in [0.1, 0.15) is 0 Å². The summed E-state index contributed by atoms with van der Waals surface area (Å²) in [7, 11) is -3.69. The summed E-state index contributed by atoms with van der Waals surface area (Å²) in [6.45, 7) is 0. The number of hydrogen-bond acceptors (Lipinski definition) is 2. The molecule has 0 aromatic rings. The molecule has 1 fully saturated rings. The lowest BCUT2D eigenvalue weighted by Crippen LogP contribution is -2.03. The molecule has 1 rings (SSSR count). The van der Waals surface area contributed by atoms with Crippen molar-refractivity contribution in [1.29, 1.82) is 0 Å². The van der Waals surface area contributed by atoms with E-state index in [4.69, 9.17) is 4.55 Å². The van der Waals surface area contributed by atoms with Crippen LogP contribution in [-0.4, -0.2) is 18.7 Å². The van der Waals surface area contributed by atoms with Crippen LogP contribution in [0, 0.1) is 5.92 Å². The Morgan fingerprint density at radius 2 is 2.00 bits per heavy atom. The molecular formula is C6H12O3S. The van der Waals surface area contributed by atoms with Gasteiger partial charge in [0.15, 0.2) is 0 Å². The van der Waals surface area contributed by atoms with Crippen molar-refractivity contribution in [3.8, 4) is 0 Å². The Hall–Kier alpha value is -0.0900. The molecule has 0 spiro atoms. The van der Waals surface area contributed by atoms with Gasteiger partial charge in [-0.25, -0.2) is 0 Å². The summed E-state index contributed by atoms with van der Waals surface area (Å²) in [5.41, 5.74) is 0. The van der Waals surface area contributed by atoms with Crippen molar-refractivity contribution < 1.29 is 13.0 Å². The Bertz CT molecular complexity index is 191. The molecule has 0 aliphatic heterocycles. The molecule has 0 aromatic heterocycles. The van der Waals surface area contributed by atoms with E-state index in [9.17, 15) is 8.42 Å². The third-order valence-electron chi connectivity index (χ3n) is 1.71. The Balaban J connectivity index is 2.04. The minimum Gasteiger partial charge on any atom is -0.286 e. The highest BCUT2D eigenvalue weighted by molar-refractivity contribution is 7.85. The van der Waals surface area contributed by atoms with Crippen LogP contribution < -0.4 is 0 Å². The molecule has 3 nitrogen and oxygen atoms in total. The molecule has 0 aromatic carbocycles. The van der Waals surface area contributed by atoms with E-state index in [-0.39, 0.29) is 5.75 Å². The molecule has 0 atom stereocenters. The van der Waals surface area contributed by atoms with Crippen LogP contribution in [-0.2, 0) is 10.1 Å². The van der Waals surface area contributed by atoms with Gasteiger partial charge in [0.25, 0.3) is 10.1 Å². The molecule has 0 heterocycles. The van der Waals surface area contributed by atoms with Gasteiger partial charge in [-0.3, -0.25) is 4.55 Å². The highest BCUT2D eigenvalue weighted by Gasteiger charge is 2.21. The van der Waals surface area contributed by atoms with Crippen LogP contribution >= 0.6 is 0 Å². The predicted molar refractivity (Wildman–Crippen MR) is 38.4 cm³/mol. The van der Waals surface area contributed by atoms with Crippen LogP contribution in [0.1, 0.15) is 25.7 Å². The maximum absolute atomic E-state index is 10.2. The zero-order valence-electron chi connectivity index (χ0n) is 5.78. The van der Waals surface area contributed by atoms with Crippen molar-refractivity contribution in [3.63, 3.8) is 0 Å². The summed E-state index contributed by atoms with van der Waals surface area (Å²) < 4.78 is 28.7. The molecule has 0 radical (unpaired) electrons. The van der Waals surface area contributed by atoms with Crippen molar-refractivity contribution in [2.75, 3.05) is 5.75 Å². The first-order valence-electron chi connectivity index (χ1n) is 3.53. The van der Waals surface area contributed by atoms with Gasteiger partial charge in [0.2, 0.25) is 0 Å². The minimum atomic E-state index is -3.69. The van der Waals surface area contributed by atoms with Crippen molar-refractivity contribution in [1.82, 2.24) is 0 Å². The monoisotopic (exact) mass is 164 g/mol. The molecule has 1 N–H and O–H groups in total. The molecule has 4 heteroatoms. The molecule has 60 valence electrons. The summed E-state index contributed by atoms with van der Waals surface area (Å²) >= 11 is 0. The standard InChI is InChI=1S/C6H12O3S/c7-10(8,9)5-1-2-6-3-4-6/h6H,1-5H2,(H,7,8,9). The maximum atomic E-state index is 10.2. The van der Waals surface area contributed by atoms with Crippen LogP contribution in [0.3, 0.4) is 0 Å². The fraction of sp³-hybridized carbons (Fsp3) is 1.00. The lowest BCUT2D eigenvalue weighted by atomic mass is 10.2. The lowest BCUT2D eigenvalue weighted by molar-refractivity contribution is 0.479. The zero-order chi connectivity index (χ0) is 7.61. The predicted octanol–water partition coefficient (Wildman–Crippen LogP) is 1.06. The van der Waals surface area contributed by atoms with Gasteiger partial charge in [-0.1, -0.05) is 12.8 Å². The zero-order valence-corrected chi connectivity index (χ0v) is 6.60. The summed E-state index contributed by atoms with van der Waals surface area (Å²) in [5, 5.41) is 0. The molecule has 0 unspecified atom stereocenters. The van der Waals surface area contributed by atoms with E-state index in [0.717, 1.165) is 12.3 Å². The third-order valence-corrected chi connectivity index (χ3v) is 2.52. The topological polar surface area (TPSA) is 54.4 Å². The molecular weight excluding hydrogens is 152 g/mol. The quantitative estimate of drug-likeness (QED) is 0.632.